The molecule has 1 saturated carbocycles. The number of fused-ring (bicyclic) bond motifs is 10. The number of nitrogens with zero attached hydrogens (tertiary/aromatic N) is 3. The summed E-state index contributed by atoms with van der Waals surface area (Å²) in [6, 6.07) is 53.3. The van der Waals surface area contributed by atoms with Crippen LogP contribution in [0.3, 0.4) is 0 Å². The van der Waals surface area contributed by atoms with Crippen LogP contribution in [-0.4, -0.2) is 12.3 Å². The van der Waals surface area contributed by atoms with Crippen LogP contribution in [0.15, 0.2) is 133 Å². The molecule has 3 heterocycles. The topological polar surface area (TPSA) is 9.72 Å². The molecule has 0 radical (unpaired) electrons. The Balaban J connectivity index is 1.15. The van der Waals surface area contributed by atoms with Crippen LogP contribution in [0, 0.1) is 6.92 Å². The van der Waals surface area contributed by atoms with E-state index in [2.05, 4.69) is 245 Å². The van der Waals surface area contributed by atoms with Crippen molar-refractivity contribution in [3.05, 3.63) is 172 Å². The lowest BCUT2D eigenvalue weighted by molar-refractivity contribution is 0.195. The van der Waals surface area contributed by atoms with Crippen LogP contribution in [0.2, 0.25) is 0 Å². The molecule has 3 aliphatic heterocycles. The Bertz CT molecular complexity index is 3330. The Labute approximate surface area is 420 Å². The van der Waals surface area contributed by atoms with Gasteiger partial charge in [-0.1, -0.05) is 169 Å². The fourth-order valence-electron chi connectivity index (χ4n) is 13.8. The monoisotopic (exact) mass is 918 g/mol. The highest BCUT2D eigenvalue weighted by Crippen LogP contribution is 2.62. The number of hydrogen-bond donors (Lipinski definition) is 0. The lowest BCUT2D eigenvalue weighted by Crippen LogP contribution is -2.61. The van der Waals surface area contributed by atoms with Crippen molar-refractivity contribution in [3.8, 4) is 11.1 Å². The summed E-state index contributed by atoms with van der Waals surface area (Å²) in [7, 11) is 0. The lowest BCUT2D eigenvalue weighted by Gasteiger charge is -2.50. The van der Waals surface area contributed by atoms with Crippen LogP contribution in [0.5, 0.6) is 0 Å². The van der Waals surface area contributed by atoms with Gasteiger partial charge in [-0.05, 0) is 170 Å². The van der Waals surface area contributed by atoms with Crippen LogP contribution in [0.25, 0.3) is 11.1 Å². The van der Waals surface area contributed by atoms with E-state index in [4.69, 9.17) is 0 Å². The summed E-state index contributed by atoms with van der Waals surface area (Å²) in [4.78, 5) is 8.06. The van der Waals surface area contributed by atoms with Crippen molar-refractivity contribution in [1.82, 2.24) is 0 Å². The second-order valence-electron chi connectivity index (χ2n) is 25.9. The highest BCUT2D eigenvalue weighted by Gasteiger charge is 2.58. The molecule has 5 aliphatic rings. The molecular weight excluding hydrogens is 846 g/mol. The van der Waals surface area contributed by atoms with E-state index < -0.39 is 0 Å². The van der Waals surface area contributed by atoms with Gasteiger partial charge in [0.25, 0.3) is 6.71 Å². The van der Waals surface area contributed by atoms with Gasteiger partial charge < -0.3 is 14.7 Å². The number of aryl methyl sites for hydroxylation is 1. The Morgan fingerprint density at radius 1 is 0.443 bits per heavy atom. The summed E-state index contributed by atoms with van der Waals surface area (Å²) < 4.78 is 0. The Morgan fingerprint density at radius 3 is 1.71 bits per heavy atom. The zero-order chi connectivity index (χ0) is 49.2. The first-order valence-corrected chi connectivity index (χ1v) is 26.3. The van der Waals surface area contributed by atoms with Gasteiger partial charge in [0, 0.05) is 56.3 Å². The molecule has 0 bridgehead atoms. The van der Waals surface area contributed by atoms with E-state index >= 15 is 0 Å². The third-order valence-electron chi connectivity index (χ3n) is 18.1. The first-order valence-electron chi connectivity index (χ1n) is 26.3. The first-order chi connectivity index (χ1) is 33.0. The standard InChI is InChI=1S/C66H72BN3/c1-41-34-58-60-59(35-41)69(46-26-28-51-49(39-46)48-22-15-16-23-50(48)64(51,11)12)57-40-47(70-55-31-25-43(62(5,6)7)37-52(55)65(13)32-17-18-33-66(65,70)14)27-30-54(57)67(60)53-29-24-44(63(8,9)10)38-56(53)68(58)45-21-19-20-42(36-45)61(2,3)4/h15-16,19-31,34-40H,17-18,32-33H2,1-14H3. The predicted octanol–water partition coefficient (Wildman–Crippen LogP) is 16.0. The van der Waals surface area contributed by atoms with Gasteiger partial charge in [-0.25, -0.2) is 0 Å². The summed E-state index contributed by atoms with van der Waals surface area (Å²) in [5.74, 6) is 0. The fraction of sp³-hybridized carbons (Fsp3) is 0.364. The second-order valence-corrected chi connectivity index (χ2v) is 25.9. The third-order valence-corrected chi connectivity index (χ3v) is 18.1. The van der Waals surface area contributed by atoms with E-state index in [1.807, 2.05) is 0 Å². The normalized spacial score (nSPS) is 20.6. The summed E-state index contributed by atoms with van der Waals surface area (Å²) in [5, 5.41) is 0. The average Bonchev–Trinajstić information content (AvgIpc) is 3.66. The van der Waals surface area contributed by atoms with E-state index in [9.17, 15) is 0 Å². The molecule has 3 nitrogen and oxygen atoms in total. The number of anilines is 8. The Kier molecular flexibility index (Phi) is 9.54. The molecule has 2 atom stereocenters. The number of rotatable bonds is 3. The van der Waals surface area contributed by atoms with Crippen molar-refractivity contribution < 1.29 is 0 Å². The molecular formula is C66H72BN3. The summed E-state index contributed by atoms with van der Waals surface area (Å²) >= 11 is 0. The maximum atomic E-state index is 2.79. The minimum atomic E-state index is -0.0825. The van der Waals surface area contributed by atoms with Crippen molar-refractivity contribution in [2.75, 3.05) is 14.7 Å². The van der Waals surface area contributed by atoms with Gasteiger partial charge in [0.15, 0.2) is 0 Å². The van der Waals surface area contributed by atoms with E-state index in [1.54, 1.807) is 0 Å². The highest BCUT2D eigenvalue weighted by atomic mass is 15.3. The van der Waals surface area contributed by atoms with Gasteiger partial charge in [0.2, 0.25) is 0 Å². The van der Waals surface area contributed by atoms with Crippen molar-refractivity contribution in [3.63, 3.8) is 0 Å². The van der Waals surface area contributed by atoms with Gasteiger partial charge >= 0.3 is 0 Å². The molecule has 0 amide bonds. The molecule has 70 heavy (non-hydrogen) atoms. The molecule has 1 fully saturated rings. The van der Waals surface area contributed by atoms with Gasteiger partial charge in [-0.2, -0.15) is 0 Å². The molecule has 0 aromatic heterocycles. The van der Waals surface area contributed by atoms with E-state index in [1.165, 1.54) is 131 Å². The van der Waals surface area contributed by atoms with Crippen LogP contribution < -0.4 is 31.1 Å². The van der Waals surface area contributed by atoms with Crippen LogP contribution in [0.4, 0.5) is 45.5 Å². The van der Waals surface area contributed by atoms with Gasteiger partial charge in [0.05, 0.1) is 5.54 Å². The summed E-state index contributed by atoms with van der Waals surface area (Å²) in [6.07, 6.45) is 4.87. The first kappa shape index (κ1) is 45.2. The molecule has 2 aliphatic carbocycles. The molecule has 0 N–H and O–H groups in total. The molecule has 0 saturated heterocycles. The molecule has 0 spiro atoms. The number of hydrogen-bond acceptors (Lipinski definition) is 3. The Hall–Kier alpha value is -6.00. The van der Waals surface area contributed by atoms with Gasteiger partial charge in [-0.15, -0.1) is 0 Å². The predicted molar refractivity (Wildman–Crippen MR) is 302 cm³/mol. The quantitative estimate of drug-likeness (QED) is 0.164. The van der Waals surface area contributed by atoms with Crippen LogP contribution in [0.1, 0.15) is 155 Å². The largest absolute Gasteiger partial charge is 0.334 e. The fourth-order valence-corrected chi connectivity index (χ4v) is 13.8. The molecule has 354 valence electrons. The third kappa shape index (κ3) is 6.33. The smallest absolute Gasteiger partial charge is 0.252 e. The SMILES string of the molecule is Cc1cc2c3c(c1)N(c1cccc(C(C)(C)C)c1)c1cc(C(C)(C)C)ccc1B3c1ccc(N3c4ccc(C(C)(C)C)cc4C4(C)CCCCC34C)cc1N2c1ccc2c(c1)-c1ccccc1C2(C)C. The van der Waals surface area contributed by atoms with E-state index in [0.717, 1.165) is 6.42 Å². The van der Waals surface area contributed by atoms with Gasteiger partial charge in [-0.3, -0.25) is 0 Å². The molecule has 7 aromatic rings. The zero-order valence-corrected chi connectivity index (χ0v) is 44.4. The minimum absolute atomic E-state index is 0.00151. The molecule has 4 heteroatoms. The summed E-state index contributed by atoms with van der Waals surface area (Å²) in [6.45, 7) is 33.4. The van der Waals surface area contributed by atoms with Gasteiger partial charge in [0.1, 0.15) is 0 Å². The van der Waals surface area contributed by atoms with E-state index in [-0.39, 0.29) is 39.3 Å². The van der Waals surface area contributed by atoms with Crippen molar-refractivity contribution >= 4 is 68.6 Å². The zero-order valence-electron chi connectivity index (χ0n) is 44.4. The van der Waals surface area contributed by atoms with Crippen molar-refractivity contribution in [2.24, 2.45) is 0 Å². The van der Waals surface area contributed by atoms with Crippen molar-refractivity contribution in [2.45, 2.75) is 155 Å². The average molecular weight is 918 g/mol. The molecule has 2 unspecified atom stereocenters. The second kappa shape index (κ2) is 14.8. The summed E-state index contributed by atoms with van der Waals surface area (Å²) in [5.41, 5.74) is 26.5. The lowest BCUT2D eigenvalue weighted by atomic mass is 9.33. The van der Waals surface area contributed by atoms with Crippen molar-refractivity contribution in [1.29, 1.82) is 0 Å². The van der Waals surface area contributed by atoms with Crippen LogP contribution >= 0.6 is 0 Å². The molecule has 12 rings (SSSR count). The van der Waals surface area contributed by atoms with Crippen LogP contribution in [-0.2, 0) is 27.1 Å². The van der Waals surface area contributed by atoms with E-state index in [0.29, 0.717) is 0 Å². The minimum Gasteiger partial charge on any atom is -0.334 e. The molecule has 7 aromatic carbocycles. The number of benzene rings is 7. The maximum Gasteiger partial charge on any atom is 0.252 e. The Morgan fingerprint density at radius 2 is 1.01 bits per heavy atom. The maximum absolute atomic E-state index is 2.79. The highest BCUT2D eigenvalue weighted by molar-refractivity contribution is 7.00.